The molecule has 1 amide bonds. The van der Waals surface area contributed by atoms with E-state index >= 15 is 0 Å². The van der Waals surface area contributed by atoms with Crippen LogP contribution in [0.3, 0.4) is 0 Å². The van der Waals surface area contributed by atoms with Gasteiger partial charge in [-0.15, -0.1) is 0 Å². The topological polar surface area (TPSA) is 55.6 Å². The maximum atomic E-state index is 13.2. The first kappa shape index (κ1) is 18.5. The molecule has 0 radical (unpaired) electrons. The lowest BCUT2D eigenvalue weighted by molar-refractivity contribution is -0.117. The Morgan fingerprint density at radius 2 is 1.93 bits per heavy atom. The molecule has 2 aromatic carbocycles. The summed E-state index contributed by atoms with van der Waals surface area (Å²) in [5, 5.41) is 0. The van der Waals surface area contributed by atoms with Crippen molar-refractivity contribution in [2.24, 2.45) is 0 Å². The first-order chi connectivity index (χ1) is 13.6. The predicted octanol–water partition coefficient (Wildman–Crippen LogP) is 5.19. The summed E-state index contributed by atoms with van der Waals surface area (Å²) in [7, 11) is 1.64. The summed E-state index contributed by atoms with van der Waals surface area (Å²) >= 11 is 3.69. The van der Waals surface area contributed by atoms with Crippen LogP contribution in [0.4, 0.5) is 5.69 Å². The van der Waals surface area contributed by atoms with Gasteiger partial charge in [0.2, 0.25) is 11.8 Å². The van der Waals surface area contributed by atoms with Gasteiger partial charge in [0.15, 0.2) is 0 Å². The van der Waals surface area contributed by atoms with E-state index in [1.165, 1.54) is 0 Å². The predicted molar refractivity (Wildman–Crippen MR) is 112 cm³/mol. The first-order valence-electron chi connectivity index (χ1n) is 8.91. The fourth-order valence-corrected chi connectivity index (χ4v) is 3.91. The molecule has 0 spiro atoms. The van der Waals surface area contributed by atoms with E-state index in [0.29, 0.717) is 18.2 Å². The van der Waals surface area contributed by atoms with E-state index in [1.807, 2.05) is 55.5 Å². The van der Waals surface area contributed by atoms with E-state index < -0.39 is 0 Å². The highest BCUT2D eigenvalue weighted by molar-refractivity contribution is 9.15. The number of carbonyl (C=O) groups is 1. The molecule has 0 aliphatic carbocycles. The van der Waals surface area contributed by atoms with Gasteiger partial charge in [0.05, 0.1) is 32.0 Å². The number of aryl methyl sites for hydroxylation is 1. The van der Waals surface area contributed by atoms with Crippen molar-refractivity contribution < 1.29 is 13.9 Å². The van der Waals surface area contributed by atoms with Gasteiger partial charge in [0.25, 0.3) is 0 Å². The van der Waals surface area contributed by atoms with Gasteiger partial charge < -0.3 is 14.1 Å². The number of anilines is 1. The lowest BCUT2D eigenvalue weighted by atomic mass is 10.1. The molecule has 28 heavy (non-hydrogen) atoms. The van der Waals surface area contributed by atoms with Gasteiger partial charge in [-0.2, -0.15) is 0 Å². The highest BCUT2D eigenvalue weighted by atomic mass is 79.9. The standard InChI is InChI=1S/C22H19BrN2O3/c1-14-12-24-22(28-14)18-11-20(26)25(13-15-7-9-16(27-2)10-8-15)19-6-4-3-5-17(19)21(18)23/h3-10,12H,11,13H2,1-2H3. The zero-order chi connectivity index (χ0) is 19.7. The molecule has 0 N–H and O–H groups in total. The minimum absolute atomic E-state index is 0.0106. The van der Waals surface area contributed by atoms with Crippen LogP contribution in [0.1, 0.15) is 29.2 Å². The lowest BCUT2D eigenvalue weighted by Crippen LogP contribution is -2.30. The van der Waals surface area contributed by atoms with Crippen molar-refractivity contribution in [1.29, 1.82) is 0 Å². The van der Waals surface area contributed by atoms with Crippen molar-refractivity contribution in [3.8, 4) is 5.75 Å². The van der Waals surface area contributed by atoms with Crippen LogP contribution in [0, 0.1) is 6.92 Å². The van der Waals surface area contributed by atoms with Crippen LogP contribution in [0.2, 0.25) is 0 Å². The number of fused-ring (bicyclic) bond motifs is 1. The molecule has 142 valence electrons. The van der Waals surface area contributed by atoms with Gasteiger partial charge in [0, 0.05) is 15.6 Å². The van der Waals surface area contributed by atoms with Gasteiger partial charge in [0.1, 0.15) is 11.5 Å². The third kappa shape index (κ3) is 3.47. The van der Waals surface area contributed by atoms with E-state index in [2.05, 4.69) is 20.9 Å². The van der Waals surface area contributed by atoms with Crippen molar-refractivity contribution in [3.05, 3.63) is 77.5 Å². The molecule has 2 heterocycles. The van der Waals surface area contributed by atoms with Crippen LogP contribution in [-0.2, 0) is 11.3 Å². The molecule has 4 rings (SSSR count). The largest absolute Gasteiger partial charge is 0.497 e. The van der Waals surface area contributed by atoms with E-state index in [1.54, 1.807) is 18.2 Å². The molecule has 0 fully saturated rings. The average Bonchev–Trinajstić information content (AvgIpc) is 3.12. The van der Waals surface area contributed by atoms with Crippen LogP contribution < -0.4 is 9.64 Å². The maximum absolute atomic E-state index is 13.2. The first-order valence-corrected chi connectivity index (χ1v) is 9.70. The summed E-state index contributed by atoms with van der Waals surface area (Å²) in [6, 6.07) is 15.6. The summed E-state index contributed by atoms with van der Waals surface area (Å²) in [5.41, 5.74) is 3.57. The molecule has 0 bridgehead atoms. The van der Waals surface area contributed by atoms with Crippen molar-refractivity contribution in [1.82, 2.24) is 4.98 Å². The van der Waals surface area contributed by atoms with E-state index in [4.69, 9.17) is 9.15 Å². The van der Waals surface area contributed by atoms with Gasteiger partial charge in [-0.25, -0.2) is 4.98 Å². The Morgan fingerprint density at radius 3 is 2.61 bits per heavy atom. The monoisotopic (exact) mass is 438 g/mol. The fourth-order valence-electron chi connectivity index (χ4n) is 3.27. The Labute approximate surface area is 171 Å². The van der Waals surface area contributed by atoms with Crippen LogP contribution in [0.25, 0.3) is 10.1 Å². The summed E-state index contributed by atoms with van der Waals surface area (Å²) in [4.78, 5) is 19.4. The normalized spacial score (nSPS) is 14.1. The second kappa shape index (κ2) is 7.64. The van der Waals surface area contributed by atoms with Crippen LogP contribution >= 0.6 is 15.9 Å². The molecular weight excluding hydrogens is 420 g/mol. The molecule has 0 atom stereocenters. The van der Waals surface area contributed by atoms with Crippen LogP contribution in [0.15, 0.2) is 59.1 Å². The Balaban J connectivity index is 1.75. The number of carbonyl (C=O) groups excluding carboxylic acids is 1. The molecule has 1 aliphatic heterocycles. The third-order valence-corrected chi connectivity index (χ3v) is 5.61. The number of halogens is 1. The average molecular weight is 439 g/mol. The Bertz CT molecular complexity index is 1050. The van der Waals surface area contributed by atoms with Gasteiger partial charge >= 0.3 is 0 Å². The molecule has 0 saturated carbocycles. The van der Waals surface area contributed by atoms with Crippen LogP contribution in [-0.4, -0.2) is 18.0 Å². The molecule has 0 saturated heterocycles. The smallest absolute Gasteiger partial charge is 0.231 e. The molecule has 5 nitrogen and oxygen atoms in total. The van der Waals surface area contributed by atoms with E-state index in [-0.39, 0.29) is 12.3 Å². The maximum Gasteiger partial charge on any atom is 0.231 e. The number of aromatic nitrogens is 1. The number of benzene rings is 2. The highest BCUT2D eigenvalue weighted by Gasteiger charge is 2.29. The minimum atomic E-state index is -0.0106. The quantitative estimate of drug-likeness (QED) is 0.562. The number of hydrogen-bond donors (Lipinski definition) is 0. The molecule has 3 aromatic rings. The van der Waals surface area contributed by atoms with Crippen molar-refractivity contribution >= 4 is 37.6 Å². The number of methoxy groups -OCH3 is 1. The highest BCUT2D eigenvalue weighted by Crippen LogP contribution is 2.41. The van der Waals surface area contributed by atoms with Gasteiger partial charge in [-0.05, 0) is 46.6 Å². The van der Waals surface area contributed by atoms with Gasteiger partial charge in [-0.3, -0.25) is 4.79 Å². The van der Waals surface area contributed by atoms with E-state index in [9.17, 15) is 4.79 Å². The number of rotatable bonds is 4. The van der Waals surface area contributed by atoms with Crippen molar-refractivity contribution in [2.75, 3.05) is 12.0 Å². The van der Waals surface area contributed by atoms with E-state index in [0.717, 1.165) is 32.6 Å². The summed E-state index contributed by atoms with van der Waals surface area (Å²) < 4.78 is 11.8. The lowest BCUT2D eigenvalue weighted by Gasteiger charge is -2.23. The number of oxazole rings is 1. The summed E-state index contributed by atoms with van der Waals surface area (Å²) in [5.74, 6) is 1.96. The fraction of sp³-hybridized carbons (Fsp3) is 0.182. The van der Waals surface area contributed by atoms with Crippen LogP contribution in [0.5, 0.6) is 5.75 Å². The summed E-state index contributed by atoms with van der Waals surface area (Å²) in [6.07, 6.45) is 1.87. The second-order valence-electron chi connectivity index (χ2n) is 6.59. The number of amides is 1. The second-order valence-corrected chi connectivity index (χ2v) is 7.38. The third-order valence-electron chi connectivity index (χ3n) is 4.70. The zero-order valence-corrected chi connectivity index (χ0v) is 17.2. The molecular formula is C22H19BrN2O3. The number of nitrogens with zero attached hydrogens (tertiary/aromatic N) is 2. The minimum Gasteiger partial charge on any atom is -0.497 e. The van der Waals surface area contributed by atoms with Crippen molar-refractivity contribution in [2.45, 2.75) is 19.9 Å². The number of para-hydroxylation sites is 1. The molecule has 0 unspecified atom stereocenters. The molecule has 1 aliphatic rings. The van der Waals surface area contributed by atoms with Gasteiger partial charge in [-0.1, -0.05) is 30.3 Å². The Hall–Kier alpha value is -2.86. The van der Waals surface area contributed by atoms with Crippen molar-refractivity contribution in [3.63, 3.8) is 0 Å². The zero-order valence-electron chi connectivity index (χ0n) is 15.6. The Morgan fingerprint density at radius 1 is 1.18 bits per heavy atom. The summed E-state index contributed by atoms with van der Waals surface area (Å²) in [6.45, 7) is 2.31. The number of ether oxygens (including phenoxy) is 1. The number of hydrogen-bond acceptors (Lipinski definition) is 4. The molecule has 6 heteroatoms. The Kier molecular flexibility index (Phi) is 5.05. The SMILES string of the molecule is COc1ccc(CN2C(=O)CC(c3ncc(C)o3)=C(Br)c3ccccc32)cc1. The molecule has 1 aromatic heterocycles.